The zero-order valence-electron chi connectivity index (χ0n) is 14.2. The molecule has 0 radical (unpaired) electrons. The van der Waals surface area contributed by atoms with Crippen molar-refractivity contribution in [2.45, 2.75) is 39.2 Å². The molecular weight excluding hydrogens is 351 g/mol. The number of nitrogens with zero attached hydrogens (tertiary/aromatic N) is 2. The number of nitrogens with two attached hydrogens (primary N) is 1. The number of carbonyl (C=O) groups excluding carboxylic acids is 2. The van der Waals surface area contributed by atoms with Gasteiger partial charge in [0, 0.05) is 18.8 Å². The van der Waals surface area contributed by atoms with Gasteiger partial charge >= 0.3 is 0 Å². The lowest BCUT2D eigenvalue weighted by molar-refractivity contribution is -0.138. The Kier molecular flexibility index (Phi) is 8.68. The summed E-state index contributed by atoms with van der Waals surface area (Å²) in [6, 6.07) is 5.49. The molecule has 1 aromatic heterocycles. The summed E-state index contributed by atoms with van der Waals surface area (Å²) in [5, 5.41) is 2.83. The zero-order valence-corrected chi connectivity index (χ0v) is 15.9. The second-order valence-electron chi connectivity index (χ2n) is 6.47. The number of amides is 2. The summed E-state index contributed by atoms with van der Waals surface area (Å²) in [6.07, 6.45) is 1.58. The molecule has 0 aliphatic carbocycles. The highest BCUT2D eigenvalue weighted by Crippen LogP contribution is 2.20. The van der Waals surface area contributed by atoms with E-state index >= 15 is 0 Å². The topological polar surface area (TPSA) is 88.3 Å². The van der Waals surface area contributed by atoms with Gasteiger partial charge in [0.1, 0.15) is 5.82 Å². The Morgan fingerprint density at radius 1 is 1.33 bits per heavy atom. The Labute approximate surface area is 155 Å². The van der Waals surface area contributed by atoms with Crippen molar-refractivity contribution in [3.63, 3.8) is 0 Å². The van der Waals surface area contributed by atoms with Crippen molar-refractivity contribution in [3.8, 4) is 0 Å². The molecule has 136 valence electrons. The number of carbonyl (C=O) groups is 2. The number of nitrogens with one attached hydrogen (secondary N) is 1. The minimum absolute atomic E-state index is 0. The van der Waals surface area contributed by atoms with Gasteiger partial charge in [-0.1, -0.05) is 6.07 Å². The molecule has 3 N–H and O–H groups in total. The molecule has 0 aromatic carbocycles. The summed E-state index contributed by atoms with van der Waals surface area (Å²) >= 11 is 0. The highest BCUT2D eigenvalue weighted by molar-refractivity contribution is 5.93. The van der Waals surface area contributed by atoms with Crippen LogP contribution in [0.4, 0.5) is 5.82 Å². The third kappa shape index (κ3) is 5.92. The number of hydrogen-bond donors (Lipinski definition) is 2. The highest BCUT2D eigenvalue weighted by atomic mass is 35.5. The average Bonchev–Trinajstić information content (AvgIpc) is 2.45. The number of likely N-dealkylation sites (tertiary alicyclic amines) is 1. The van der Waals surface area contributed by atoms with Crippen LogP contribution in [-0.4, -0.2) is 40.3 Å². The van der Waals surface area contributed by atoms with Gasteiger partial charge in [-0.15, -0.1) is 24.8 Å². The van der Waals surface area contributed by atoms with Crippen LogP contribution < -0.4 is 11.1 Å². The lowest BCUT2D eigenvalue weighted by Gasteiger charge is -2.35. The molecule has 1 aliphatic rings. The van der Waals surface area contributed by atoms with E-state index in [2.05, 4.69) is 10.3 Å². The van der Waals surface area contributed by atoms with Gasteiger partial charge in [-0.2, -0.15) is 0 Å². The maximum atomic E-state index is 12.4. The highest BCUT2D eigenvalue weighted by Gasteiger charge is 2.33. The molecule has 1 atom stereocenters. The van der Waals surface area contributed by atoms with Crippen molar-refractivity contribution in [1.82, 2.24) is 9.88 Å². The number of rotatable bonds is 3. The van der Waals surface area contributed by atoms with Crippen molar-refractivity contribution in [2.75, 3.05) is 18.4 Å². The quantitative estimate of drug-likeness (QED) is 0.845. The summed E-state index contributed by atoms with van der Waals surface area (Å²) in [4.78, 5) is 30.6. The predicted molar refractivity (Wildman–Crippen MR) is 99.7 cm³/mol. The molecule has 2 rings (SSSR count). The summed E-state index contributed by atoms with van der Waals surface area (Å²) in [5.41, 5.74) is 5.81. The molecule has 2 heterocycles. The van der Waals surface area contributed by atoms with Gasteiger partial charge in [0.2, 0.25) is 11.8 Å². The lowest BCUT2D eigenvalue weighted by Crippen LogP contribution is -2.54. The van der Waals surface area contributed by atoms with Crippen LogP contribution >= 0.6 is 24.8 Å². The van der Waals surface area contributed by atoms with E-state index in [4.69, 9.17) is 5.73 Å². The number of aryl methyl sites for hydroxylation is 1. The van der Waals surface area contributed by atoms with Crippen molar-refractivity contribution < 1.29 is 9.59 Å². The molecule has 1 fully saturated rings. The first-order valence-corrected chi connectivity index (χ1v) is 7.60. The Bertz CT molecular complexity index is 575. The fraction of sp³-hybridized carbons (Fsp3) is 0.562. The number of halogens is 2. The molecule has 0 spiro atoms. The van der Waals surface area contributed by atoms with Crippen LogP contribution in [0, 0.1) is 12.8 Å². The molecule has 24 heavy (non-hydrogen) atoms. The number of piperidine rings is 1. The summed E-state index contributed by atoms with van der Waals surface area (Å²) in [7, 11) is 0. The predicted octanol–water partition coefficient (Wildman–Crippen LogP) is 2.15. The van der Waals surface area contributed by atoms with Crippen LogP contribution in [0.5, 0.6) is 0 Å². The van der Waals surface area contributed by atoms with E-state index in [9.17, 15) is 9.59 Å². The van der Waals surface area contributed by atoms with E-state index < -0.39 is 5.54 Å². The van der Waals surface area contributed by atoms with Crippen molar-refractivity contribution in [1.29, 1.82) is 0 Å². The molecule has 1 saturated heterocycles. The first kappa shape index (κ1) is 22.6. The Balaban J connectivity index is 0.00000264. The van der Waals surface area contributed by atoms with Crippen LogP contribution in [0.15, 0.2) is 18.2 Å². The first-order valence-electron chi connectivity index (χ1n) is 7.60. The Morgan fingerprint density at radius 2 is 2.00 bits per heavy atom. The standard InChI is InChI=1S/C16H24N4O2.2ClH/c1-11-6-4-8-13(18-11)19-14(21)12-7-5-9-20(10-12)15(22)16(2,3)17;;/h4,6,8,12H,5,7,9-10,17H2,1-3H3,(H,18,19,21);2*1H. The number of anilines is 1. The van der Waals surface area contributed by atoms with Gasteiger partial charge < -0.3 is 16.0 Å². The van der Waals surface area contributed by atoms with E-state index in [0.29, 0.717) is 18.9 Å². The maximum Gasteiger partial charge on any atom is 0.242 e. The van der Waals surface area contributed by atoms with E-state index in [-0.39, 0.29) is 42.5 Å². The molecule has 1 aliphatic heterocycles. The monoisotopic (exact) mass is 376 g/mol. The van der Waals surface area contributed by atoms with Gasteiger partial charge in [-0.25, -0.2) is 4.98 Å². The Morgan fingerprint density at radius 3 is 2.58 bits per heavy atom. The minimum atomic E-state index is -0.906. The summed E-state index contributed by atoms with van der Waals surface area (Å²) in [6.45, 7) is 6.33. The molecule has 1 unspecified atom stereocenters. The van der Waals surface area contributed by atoms with Crippen molar-refractivity contribution in [2.24, 2.45) is 11.7 Å². The van der Waals surface area contributed by atoms with E-state index in [1.807, 2.05) is 19.1 Å². The lowest BCUT2D eigenvalue weighted by atomic mass is 9.95. The normalized spacial score (nSPS) is 17.3. The third-order valence-corrected chi connectivity index (χ3v) is 3.77. The molecule has 2 amide bonds. The molecular formula is C16H26Cl2N4O2. The Hall–Kier alpha value is -1.37. The van der Waals surface area contributed by atoms with Gasteiger partial charge in [0.15, 0.2) is 0 Å². The second-order valence-corrected chi connectivity index (χ2v) is 6.47. The van der Waals surface area contributed by atoms with Crippen LogP contribution in [0.3, 0.4) is 0 Å². The van der Waals surface area contributed by atoms with E-state index in [0.717, 1.165) is 18.5 Å². The maximum absolute atomic E-state index is 12.4. The molecule has 8 heteroatoms. The van der Waals surface area contributed by atoms with E-state index in [1.165, 1.54) is 0 Å². The molecule has 0 saturated carbocycles. The smallest absolute Gasteiger partial charge is 0.242 e. The fourth-order valence-electron chi connectivity index (χ4n) is 2.62. The molecule has 1 aromatic rings. The van der Waals surface area contributed by atoms with Crippen molar-refractivity contribution in [3.05, 3.63) is 23.9 Å². The summed E-state index contributed by atoms with van der Waals surface area (Å²) in [5.74, 6) is 0.124. The van der Waals surface area contributed by atoms with Gasteiger partial charge in [0.25, 0.3) is 0 Å². The molecule has 0 bridgehead atoms. The van der Waals surface area contributed by atoms with Gasteiger partial charge in [-0.05, 0) is 45.7 Å². The van der Waals surface area contributed by atoms with Crippen LogP contribution in [0.25, 0.3) is 0 Å². The fourth-order valence-corrected chi connectivity index (χ4v) is 2.62. The zero-order chi connectivity index (χ0) is 16.3. The number of hydrogen-bond acceptors (Lipinski definition) is 4. The second kappa shape index (κ2) is 9.20. The van der Waals surface area contributed by atoms with Gasteiger partial charge in [0.05, 0.1) is 11.5 Å². The first-order chi connectivity index (χ1) is 10.3. The third-order valence-electron chi connectivity index (χ3n) is 3.77. The largest absolute Gasteiger partial charge is 0.340 e. The number of pyridine rings is 1. The van der Waals surface area contributed by atoms with E-state index in [1.54, 1.807) is 24.8 Å². The summed E-state index contributed by atoms with van der Waals surface area (Å²) < 4.78 is 0. The minimum Gasteiger partial charge on any atom is -0.340 e. The van der Waals surface area contributed by atoms with Crippen LogP contribution in [0.1, 0.15) is 32.4 Å². The van der Waals surface area contributed by atoms with Crippen LogP contribution in [-0.2, 0) is 9.59 Å². The van der Waals surface area contributed by atoms with Gasteiger partial charge in [-0.3, -0.25) is 9.59 Å². The molecule has 6 nitrogen and oxygen atoms in total. The average molecular weight is 377 g/mol. The number of aromatic nitrogens is 1. The van der Waals surface area contributed by atoms with Crippen molar-refractivity contribution >= 4 is 42.4 Å². The van der Waals surface area contributed by atoms with Crippen LogP contribution in [0.2, 0.25) is 0 Å². The SMILES string of the molecule is Cc1cccc(NC(=O)C2CCCN(C(=O)C(C)(C)N)C2)n1.Cl.Cl.